The third kappa shape index (κ3) is 5.43. The van der Waals surface area contributed by atoms with E-state index in [-0.39, 0.29) is 24.9 Å². The summed E-state index contributed by atoms with van der Waals surface area (Å²) >= 11 is 2.02. The van der Waals surface area contributed by atoms with E-state index in [4.69, 9.17) is 0 Å². The van der Waals surface area contributed by atoms with Crippen molar-refractivity contribution in [3.8, 4) is 0 Å². The minimum absolute atomic E-state index is 0.237. The van der Waals surface area contributed by atoms with Crippen LogP contribution in [0.25, 0.3) is 0 Å². The van der Waals surface area contributed by atoms with E-state index in [2.05, 4.69) is 15.0 Å². The second kappa shape index (κ2) is 9.77. The molecule has 0 aliphatic heterocycles. The summed E-state index contributed by atoms with van der Waals surface area (Å²) in [5.74, 6) is 0.255. The van der Waals surface area contributed by atoms with Gasteiger partial charge < -0.3 is 14.6 Å². The fourth-order valence-electron chi connectivity index (χ4n) is 3.59. The molecule has 1 aromatic heterocycles. The number of esters is 1. The Balaban J connectivity index is 1.53. The number of rotatable bonds is 7. The van der Waals surface area contributed by atoms with Gasteiger partial charge in [0.2, 0.25) is 0 Å². The fourth-order valence-corrected chi connectivity index (χ4v) is 4.38. The molecule has 0 atom stereocenters. The predicted octanol–water partition coefficient (Wildman–Crippen LogP) is 5.15. The first-order chi connectivity index (χ1) is 16.2. The van der Waals surface area contributed by atoms with Crippen molar-refractivity contribution in [2.75, 3.05) is 7.11 Å². The Morgan fingerprint density at radius 2 is 1.71 bits per heavy atom. The molecule has 0 unspecified atom stereocenters. The van der Waals surface area contributed by atoms with Crippen LogP contribution >= 0.6 is 22.6 Å². The topological polar surface area (TPSA) is 73.2 Å². The average molecular weight is 583 g/mol. The highest BCUT2D eigenvalue weighted by molar-refractivity contribution is 14.1. The minimum atomic E-state index is -4.40. The molecule has 1 amide bonds. The van der Waals surface area contributed by atoms with Crippen molar-refractivity contribution in [2.45, 2.75) is 38.0 Å². The summed E-state index contributed by atoms with van der Waals surface area (Å²) in [4.78, 5) is 29.3. The Hall–Kier alpha value is -2.89. The number of nitrogens with zero attached hydrogens (tertiary/aromatic N) is 2. The number of ether oxygens (including phenoxy) is 1. The molecule has 1 fully saturated rings. The Kier molecular flexibility index (Phi) is 6.96. The van der Waals surface area contributed by atoms with Crippen LogP contribution in [-0.2, 0) is 24.0 Å². The van der Waals surface area contributed by atoms with Gasteiger partial charge in [-0.25, -0.2) is 9.78 Å². The van der Waals surface area contributed by atoms with E-state index in [1.807, 2.05) is 22.6 Å². The summed E-state index contributed by atoms with van der Waals surface area (Å²) in [5.41, 5.74) is 1.53. The van der Waals surface area contributed by atoms with Crippen molar-refractivity contribution in [3.63, 3.8) is 0 Å². The van der Waals surface area contributed by atoms with Crippen LogP contribution in [0.5, 0.6) is 0 Å². The van der Waals surface area contributed by atoms with Gasteiger partial charge in [0.15, 0.2) is 0 Å². The molecular weight excluding hydrogens is 562 g/mol. The van der Waals surface area contributed by atoms with Gasteiger partial charge in [-0.15, -0.1) is 0 Å². The number of hydrogen-bond donors (Lipinski definition) is 1. The predicted molar refractivity (Wildman–Crippen MR) is 126 cm³/mol. The van der Waals surface area contributed by atoms with Crippen LogP contribution in [0.4, 0.5) is 13.2 Å². The number of nitrogens with one attached hydrogen (secondary N) is 1. The molecule has 0 spiro atoms. The van der Waals surface area contributed by atoms with E-state index >= 15 is 0 Å². The molecule has 34 heavy (non-hydrogen) atoms. The summed E-state index contributed by atoms with van der Waals surface area (Å²) in [7, 11) is 1.31. The van der Waals surface area contributed by atoms with Gasteiger partial charge in [0, 0.05) is 19.0 Å². The number of alkyl halides is 3. The first-order valence-corrected chi connectivity index (χ1v) is 11.6. The zero-order chi connectivity index (χ0) is 24.5. The van der Waals surface area contributed by atoms with Crippen LogP contribution in [0.2, 0.25) is 0 Å². The third-order valence-electron chi connectivity index (χ3n) is 5.56. The van der Waals surface area contributed by atoms with Crippen molar-refractivity contribution in [1.29, 1.82) is 0 Å². The first kappa shape index (κ1) is 24.2. The molecule has 0 radical (unpaired) electrons. The molecule has 178 valence electrons. The van der Waals surface area contributed by atoms with E-state index in [0.29, 0.717) is 20.5 Å². The normalized spacial score (nSPS) is 13.6. The summed E-state index contributed by atoms with van der Waals surface area (Å²) in [6, 6.07) is 11.7. The third-order valence-corrected chi connectivity index (χ3v) is 6.31. The van der Waals surface area contributed by atoms with Gasteiger partial charge in [0.25, 0.3) is 5.91 Å². The number of imidazole rings is 1. The Morgan fingerprint density at radius 3 is 2.26 bits per heavy atom. The number of carbonyl (C=O) groups is 2. The van der Waals surface area contributed by atoms with E-state index in [1.165, 1.54) is 19.2 Å². The maximum Gasteiger partial charge on any atom is 0.416 e. The Bertz CT molecular complexity index is 1200. The number of methoxy groups -OCH3 is 1. The lowest BCUT2D eigenvalue weighted by Gasteiger charge is -2.13. The molecule has 10 heteroatoms. The van der Waals surface area contributed by atoms with Crippen LogP contribution in [0.15, 0.2) is 48.5 Å². The second-order valence-corrected chi connectivity index (χ2v) is 9.06. The van der Waals surface area contributed by atoms with Crippen molar-refractivity contribution < 1.29 is 27.5 Å². The molecular formula is C24H21F3IN3O3. The minimum Gasteiger partial charge on any atom is -0.465 e. The van der Waals surface area contributed by atoms with Crippen molar-refractivity contribution in [2.24, 2.45) is 0 Å². The van der Waals surface area contributed by atoms with Crippen LogP contribution < -0.4 is 5.32 Å². The van der Waals surface area contributed by atoms with Crippen LogP contribution in [0.3, 0.4) is 0 Å². The largest absolute Gasteiger partial charge is 0.465 e. The van der Waals surface area contributed by atoms with Crippen molar-refractivity contribution in [1.82, 2.24) is 14.9 Å². The highest BCUT2D eigenvalue weighted by atomic mass is 127. The van der Waals surface area contributed by atoms with E-state index < -0.39 is 17.7 Å². The van der Waals surface area contributed by atoms with Crippen molar-refractivity contribution >= 4 is 34.5 Å². The van der Waals surface area contributed by atoms with Gasteiger partial charge in [-0.05, 0) is 70.8 Å². The fraction of sp³-hybridized carbons (Fsp3) is 0.292. The number of benzene rings is 2. The monoisotopic (exact) mass is 583 g/mol. The summed E-state index contributed by atoms with van der Waals surface area (Å²) in [6.07, 6.45) is -2.47. The van der Waals surface area contributed by atoms with Crippen LogP contribution in [0.1, 0.15) is 62.1 Å². The molecule has 0 bridgehead atoms. The van der Waals surface area contributed by atoms with Gasteiger partial charge in [-0.2, -0.15) is 13.2 Å². The molecule has 4 rings (SSSR count). The number of halogens is 4. The van der Waals surface area contributed by atoms with E-state index in [9.17, 15) is 22.8 Å². The SMILES string of the molecule is COC(=O)c1ccc(CNC(=O)c2c(I)nc(C3CC3)n2Cc2ccc(C(F)(F)F)cc2)cc1. The molecule has 2 aromatic carbocycles. The molecule has 6 nitrogen and oxygen atoms in total. The Morgan fingerprint density at radius 1 is 1.09 bits per heavy atom. The Labute approximate surface area is 207 Å². The zero-order valence-corrected chi connectivity index (χ0v) is 20.3. The molecule has 0 saturated heterocycles. The summed E-state index contributed by atoms with van der Waals surface area (Å²) in [5, 5.41) is 2.88. The molecule has 1 saturated carbocycles. The number of hydrogen-bond acceptors (Lipinski definition) is 4. The highest BCUT2D eigenvalue weighted by Crippen LogP contribution is 2.40. The lowest BCUT2D eigenvalue weighted by atomic mass is 10.1. The molecule has 1 aliphatic carbocycles. The standard InChI is InChI=1S/C24H21F3IN3O3/c1-34-23(33)17-6-2-14(3-7-17)12-29-22(32)19-20(28)30-21(16-8-9-16)31(19)13-15-4-10-18(11-5-15)24(25,26)27/h2-7,10-11,16H,8-9,12-13H2,1H3,(H,29,32). The van der Waals surface area contributed by atoms with Gasteiger partial charge in [-0.3, -0.25) is 4.79 Å². The lowest BCUT2D eigenvalue weighted by Crippen LogP contribution is -2.27. The van der Waals surface area contributed by atoms with Gasteiger partial charge in [0.05, 0.1) is 18.2 Å². The maximum absolute atomic E-state index is 13.1. The zero-order valence-electron chi connectivity index (χ0n) is 18.2. The molecule has 3 aromatic rings. The second-order valence-electron chi connectivity index (χ2n) is 8.04. The molecule has 1 aliphatic rings. The number of amides is 1. The quantitative estimate of drug-likeness (QED) is 0.309. The van der Waals surface area contributed by atoms with Crippen molar-refractivity contribution in [3.05, 3.63) is 86.0 Å². The van der Waals surface area contributed by atoms with Gasteiger partial charge in [-0.1, -0.05) is 24.3 Å². The van der Waals surface area contributed by atoms with Crippen LogP contribution in [0, 0.1) is 3.70 Å². The van der Waals surface area contributed by atoms with Crippen LogP contribution in [-0.4, -0.2) is 28.5 Å². The van der Waals surface area contributed by atoms with Gasteiger partial charge >= 0.3 is 12.1 Å². The van der Waals surface area contributed by atoms with E-state index in [0.717, 1.165) is 36.4 Å². The summed E-state index contributed by atoms with van der Waals surface area (Å²) < 4.78 is 45.8. The number of carbonyl (C=O) groups excluding carboxylic acids is 2. The molecule has 1 heterocycles. The highest BCUT2D eigenvalue weighted by Gasteiger charge is 2.33. The first-order valence-electron chi connectivity index (χ1n) is 10.5. The maximum atomic E-state index is 13.1. The molecule has 1 N–H and O–H groups in total. The smallest absolute Gasteiger partial charge is 0.416 e. The lowest BCUT2D eigenvalue weighted by molar-refractivity contribution is -0.137. The summed E-state index contributed by atoms with van der Waals surface area (Å²) in [6.45, 7) is 0.483. The number of aromatic nitrogens is 2. The van der Waals surface area contributed by atoms with E-state index in [1.54, 1.807) is 28.8 Å². The van der Waals surface area contributed by atoms with Gasteiger partial charge in [0.1, 0.15) is 15.2 Å². The average Bonchev–Trinajstić information content (AvgIpc) is 3.61.